The molecule has 0 saturated carbocycles. The summed E-state index contributed by atoms with van der Waals surface area (Å²) in [6.45, 7) is 2.43. The zero-order chi connectivity index (χ0) is 16.1. The number of rotatable bonds is 6. The Morgan fingerprint density at radius 1 is 1.32 bits per heavy atom. The highest BCUT2D eigenvalue weighted by atomic mass is 16.4. The van der Waals surface area contributed by atoms with Crippen LogP contribution in [0.4, 0.5) is 5.69 Å². The van der Waals surface area contributed by atoms with E-state index in [4.69, 9.17) is 15.9 Å². The van der Waals surface area contributed by atoms with Crippen LogP contribution in [-0.4, -0.2) is 18.5 Å². The van der Waals surface area contributed by atoms with Crippen LogP contribution in [0, 0.1) is 6.92 Å². The van der Waals surface area contributed by atoms with Crippen molar-refractivity contribution < 1.29 is 9.21 Å². The lowest BCUT2D eigenvalue weighted by Crippen LogP contribution is -2.35. The summed E-state index contributed by atoms with van der Waals surface area (Å²) in [5.41, 5.74) is 12.7. The second-order valence-electron chi connectivity index (χ2n) is 5.34. The van der Waals surface area contributed by atoms with Crippen molar-refractivity contribution in [3.63, 3.8) is 0 Å². The minimum absolute atomic E-state index is 0.258. The molecule has 0 aliphatic rings. The number of fused-ring (bicyclic) bond motifs is 1. The van der Waals surface area contributed by atoms with Gasteiger partial charge in [-0.1, -0.05) is 6.42 Å². The molecule has 5 N–H and O–H groups in total. The summed E-state index contributed by atoms with van der Waals surface area (Å²) < 4.78 is 5.15. The molecule has 1 atom stereocenters. The standard InChI is InChI=1S/C16H21N3O3/c1-10-8-15(20)22-14-9-11(5-6-12(10)14)19-16(21)13(18)4-2-3-7-17/h5-6,8-9,13H,2-4,7,17-18H2,1H3,(H,19,21)/t13-/m1/s1. The minimum Gasteiger partial charge on any atom is -0.423 e. The number of amides is 1. The fourth-order valence-electron chi connectivity index (χ4n) is 2.28. The van der Waals surface area contributed by atoms with E-state index in [0.717, 1.165) is 23.8 Å². The summed E-state index contributed by atoms with van der Waals surface area (Å²) in [5.74, 6) is -0.258. The molecular weight excluding hydrogens is 282 g/mol. The van der Waals surface area contributed by atoms with Crippen LogP contribution in [0.2, 0.25) is 0 Å². The Bertz CT molecular complexity index is 724. The van der Waals surface area contributed by atoms with Gasteiger partial charge in [-0.3, -0.25) is 4.79 Å². The smallest absolute Gasteiger partial charge is 0.336 e. The largest absolute Gasteiger partial charge is 0.423 e. The Hall–Kier alpha value is -2.18. The molecule has 0 aliphatic heterocycles. The summed E-state index contributed by atoms with van der Waals surface area (Å²) in [5, 5.41) is 3.58. The van der Waals surface area contributed by atoms with E-state index in [2.05, 4.69) is 5.32 Å². The molecule has 1 amide bonds. The fourth-order valence-corrected chi connectivity index (χ4v) is 2.28. The Labute approximate surface area is 128 Å². The molecule has 0 aliphatic carbocycles. The lowest BCUT2D eigenvalue weighted by molar-refractivity contribution is -0.117. The van der Waals surface area contributed by atoms with Crippen molar-refractivity contribution in [2.45, 2.75) is 32.2 Å². The van der Waals surface area contributed by atoms with Crippen LogP contribution in [0.3, 0.4) is 0 Å². The van der Waals surface area contributed by atoms with Crippen LogP contribution in [0.25, 0.3) is 11.0 Å². The van der Waals surface area contributed by atoms with Gasteiger partial charge in [-0.25, -0.2) is 4.79 Å². The molecule has 0 bridgehead atoms. The summed E-state index contributed by atoms with van der Waals surface area (Å²) in [6.07, 6.45) is 2.25. The average molecular weight is 303 g/mol. The number of unbranched alkanes of at least 4 members (excludes halogenated alkanes) is 1. The van der Waals surface area contributed by atoms with Gasteiger partial charge in [0.05, 0.1) is 6.04 Å². The van der Waals surface area contributed by atoms with Crippen molar-refractivity contribution in [2.24, 2.45) is 11.5 Å². The van der Waals surface area contributed by atoms with Crippen LogP contribution in [-0.2, 0) is 4.79 Å². The highest BCUT2D eigenvalue weighted by molar-refractivity contribution is 5.96. The first-order valence-electron chi connectivity index (χ1n) is 7.32. The van der Waals surface area contributed by atoms with E-state index < -0.39 is 11.7 Å². The zero-order valence-corrected chi connectivity index (χ0v) is 12.6. The molecule has 0 saturated heterocycles. The molecule has 0 unspecified atom stereocenters. The van der Waals surface area contributed by atoms with Gasteiger partial charge in [-0.15, -0.1) is 0 Å². The zero-order valence-electron chi connectivity index (χ0n) is 12.6. The first kappa shape index (κ1) is 16.2. The number of carbonyl (C=O) groups excluding carboxylic acids is 1. The fraction of sp³-hybridized carbons (Fsp3) is 0.375. The molecule has 0 fully saturated rings. The third kappa shape index (κ3) is 3.93. The van der Waals surface area contributed by atoms with Gasteiger partial charge in [0, 0.05) is 23.2 Å². The maximum absolute atomic E-state index is 12.0. The maximum Gasteiger partial charge on any atom is 0.336 e. The van der Waals surface area contributed by atoms with Gasteiger partial charge in [0.15, 0.2) is 0 Å². The molecule has 22 heavy (non-hydrogen) atoms. The van der Waals surface area contributed by atoms with E-state index in [-0.39, 0.29) is 5.91 Å². The molecule has 6 nitrogen and oxygen atoms in total. The van der Waals surface area contributed by atoms with E-state index in [0.29, 0.717) is 24.2 Å². The normalized spacial score (nSPS) is 12.3. The van der Waals surface area contributed by atoms with E-state index in [1.807, 2.05) is 13.0 Å². The van der Waals surface area contributed by atoms with Crippen LogP contribution in [0.5, 0.6) is 0 Å². The Kier molecular flexibility index (Phi) is 5.30. The number of nitrogens with one attached hydrogen (secondary N) is 1. The van der Waals surface area contributed by atoms with Crippen LogP contribution in [0.1, 0.15) is 24.8 Å². The summed E-state index contributed by atoms with van der Waals surface area (Å²) in [4.78, 5) is 23.4. The highest BCUT2D eigenvalue weighted by Gasteiger charge is 2.13. The first-order chi connectivity index (χ1) is 10.5. The Morgan fingerprint density at radius 2 is 2.09 bits per heavy atom. The molecule has 2 rings (SSSR count). The molecule has 2 aromatic rings. The van der Waals surface area contributed by atoms with Gasteiger partial charge in [0.25, 0.3) is 0 Å². The monoisotopic (exact) mass is 303 g/mol. The maximum atomic E-state index is 12.0. The quantitative estimate of drug-likeness (QED) is 0.553. The molecule has 1 heterocycles. The van der Waals surface area contributed by atoms with E-state index in [1.165, 1.54) is 6.07 Å². The number of carbonyl (C=O) groups is 1. The van der Waals surface area contributed by atoms with Gasteiger partial charge >= 0.3 is 5.63 Å². The second kappa shape index (κ2) is 7.20. The predicted molar refractivity (Wildman–Crippen MR) is 86.7 cm³/mol. The van der Waals surface area contributed by atoms with Gasteiger partial charge in [0.1, 0.15) is 5.58 Å². The second-order valence-corrected chi connectivity index (χ2v) is 5.34. The SMILES string of the molecule is Cc1cc(=O)oc2cc(NC(=O)[C@H](N)CCCCN)ccc12. The van der Waals surface area contributed by atoms with Gasteiger partial charge < -0.3 is 21.2 Å². The van der Waals surface area contributed by atoms with Gasteiger partial charge in [-0.05, 0) is 44.0 Å². The van der Waals surface area contributed by atoms with Crippen molar-refractivity contribution in [2.75, 3.05) is 11.9 Å². The van der Waals surface area contributed by atoms with Crippen molar-refractivity contribution in [1.82, 2.24) is 0 Å². The predicted octanol–water partition coefficient (Wildman–Crippen LogP) is 1.50. The summed E-state index contributed by atoms with van der Waals surface area (Å²) >= 11 is 0. The molecule has 6 heteroatoms. The van der Waals surface area contributed by atoms with Gasteiger partial charge in [-0.2, -0.15) is 0 Å². The van der Waals surface area contributed by atoms with E-state index in [9.17, 15) is 9.59 Å². The molecule has 0 spiro atoms. The Morgan fingerprint density at radius 3 is 2.82 bits per heavy atom. The van der Waals surface area contributed by atoms with Crippen molar-refractivity contribution in [3.8, 4) is 0 Å². The third-order valence-corrected chi connectivity index (χ3v) is 3.52. The summed E-state index contributed by atoms with van der Waals surface area (Å²) in [7, 11) is 0. The molecule has 0 radical (unpaired) electrons. The number of nitrogens with two attached hydrogens (primary N) is 2. The first-order valence-corrected chi connectivity index (χ1v) is 7.32. The van der Waals surface area contributed by atoms with Crippen molar-refractivity contribution in [1.29, 1.82) is 0 Å². The number of anilines is 1. The number of hydrogen-bond acceptors (Lipinski definition) is 5. The topological polar surface area (TPSA) is 111 Å². The molecule has 1 aromatic carbocycles. The molecular formula is C16H21N3O3. The Balaban J connectivity index is 2.11. The van der Waals surface area contributed by atoms with E-state index in [1.54, 1.807) is 12.1 Å². The van der Waals surface area contributed by atoms with Crippen LogP contribution in [0.15, 0.2) is 33.5 Å². The number of aryl methyl sites for hydroxylation is 1. The third-order valence-electron chi connectivity index (χ3n) is 3.52. The van der Waals surface area contributed by atoms with Crippen molar-refractivity contribution >= 4 is 22.6 Å². The molecule has 118 valence electrons. The van der Waals surface area contributed by atoms with Crippen molar-refractivity contribution in [3.05, 3.63) is 40.2 Å². The average Bonchev–Trinajstić information content (AvgIpc) is 2.46. The number of benzene rings is 1. The van der Waals surface area contributed by atoms with Gasteiger partial charge in [0.2, 0.25) is 5.91 Å². The van der Waals surface area contributed by atoms with Crippen LogP contribution < -0.4 is 22.4 Å². The lowest BCUT2D eigenvalue weighted by atomic mass is 10.1. The van der Waals surface area contributed by atoms with Crippen LogP contribution >= 0.6 is 0 Å². The van der Waals surface area contributed by atoms with E-state index >= 15 is 0 Å². The summed E-state index contributed by atoms with van der Waals surface area (Å²) in [6, 6.07) is 6.07. The lowest BCUT2D eigenvalue weighted by Gasteiger charge is -2.12. The number of hydrogen-bond donors (Lipinski definition) is 3. The highest BCUT2D eigenvalue weighted by Crippen LogP contribution is 2.20. The minimum atomic E-state index is -0.577. The molecule has 1 aromatic heterocycles.